The van der Waals surface area contributed by atoms with E-state index >= 15 is 0 Å². The first kappa shape index (κ1) is 30.7. The molecule has 3 aliphatic heterocycles. The van der Waals surface area contributed by atoms with E-state index in [1.165, 1.54) is 122 Å². The fourth-order valence-electron chi connectivity index (χ4n) is 6.95. The SMILES string of the molecule is CCC(C)OCCCCCCCCCCN1CCC(c2cnc(N3C4CCC3CN(C(C)CC)C4)nc2)CC1. The Hall–Kier alpha value is -1.24. The van der Waals surface area contributed by atoms with Gasteiger partial charge in [0.05, 0.1) is 6.10 Å². The van der Waals surface area contributed by atoms with Gasteiger partial charge in [0, 0.05) is 50.2 Å². The molecule has 3 aliphatic rings. The molecule has 0 aromatic carbocycles. The van der Waals surface area contributed by atoms with Crippen molar-refractivity contribution in [3.05, 3.63) is 18.0 Å². The quantitative estimate of drug-likeness (QED) is 0.197. The summed E-state index contributed by atoms with van der Waals surface area (Å²) in [6.45, 7) is 16.1. The van der Waals surface area contributed by atoms with E-state index in [4.69, 9.17) is 14.7 Å². The normalized spacial score (nSPS) is 24.4. The van der Waals surface area contributed by atoms with Crippen molar-refractivity contribution in [1.29, 1.82) is 0 Å². The lowest BCUT2D eigenvalue weighted by Crippen LogP contribution is -2.56. The van der Waals surface area contributed by atoms with Crippen LogP contribution in [0.3, 0.4) is 0 Å². The molecule has 4 atom stereocenters. The van der Waals surface area contributed by atoms with Crippen LogP contribution in [0.1, 0.15) is 129 Å². The second-order valence-electron chi connectivity index (χ2n) is 12.9. The van der Waals surface area contributed by atoms with Crippen LogP contribution in [-0.2, 0) is 4.74 Å². The summed E-state index contributed by atoms with van der Waals surface area (Å²) in [6.07, 6.45) is 23.1. The smallest absolute Gasteiger partial charge is 0.225 e. The van der Waals surface area contributed by atoms with Crippen LogP contribution in [0.15, 0.2) is 12.4 Å². The molecule has 3 fully saturated rings. The van der Waals surface area contributed by atoms with Gasteiger partial charge in [-0.1, -0.05) is 52.4 Å². The summed E-state index contributed by atoms with van der Waals surface area (Å²) in [5.41, 5.74) is 1.36. The Balaban J connectivity index is 1.06. The Kier molecular flexibility index (Phi) is 12.8. The van der Waals surface area contributed by atoms with Crippen molar-refractivity contribution in [2.75, 3.05) is 44.2 Å². The lowest BCUT2D eigenvalue weighted by atomic mass is 9.91. The third-order valence-corrected chi connectivity index (χ3v) is 10.0. The standard InChI is InChI=1S/C33H59N5O/c1-5-27(3)37-25-31-15-16-32(26-37)38(31)33-34-23-30(24-35-33)29-17-20-36(21-18-29)19-13-11-9-7-8-10-12-14-22-39-28(4)6-2/h23-24,27-29,31-32H,5-22,25-26H2,1-4H3. The molecule has 3 saturated heterocycles. The van der Waals surface area contributed by atoms with Crippen LogP contribution in [0.2, 0.25) is 0 Å². The number of fused-ring (bicyclic) bond motifs is 2. The van der Waals surface area contributed by atoms with Gasteiger partial charge >= 0.3 is 0 Å². The van der Waals surface area contributed by atoms with Gasteiger partial charge in [-0.3, -0.25) is 4.90 Å². The zero-order chi connectivity index (χ0) is 27.5. The maximum absolute atomic E-state index is 5.77. The molecule has 0 amide bonds. The zero-order valence-corrected chi connectivity index (χ0v) is 25.8. The number of piperidine rings is 1. The molecule has 6 nitrogen and oxygen atoms in total. The van der Waals surface area contributed by atoms with Gasteiger partial charge in [-0.25, -0.2) is 9.97 Å². The molecule has 2 bridgehead atoms. The highest BCUT2D eigenvalue weighted by Crippen LogP contribution is 2.35. The molecule has 4 unspecified atom stereocenters. The van der Waals surface area contributed by atoms with E-state index < -0.39 is 0 Å². The van der Waals surface area contributed by atoms with E-state index in [1.807, 2.05) is 0 Å². The summed E-state index contributed by atoms with van der Waals surface area (Å²) < 4.78 is 5.77. The number of hydrogen-bond acceptors (Lipinski definition) is 6. The van der Waals surface area contributed by atoms with E-state index in [0.717, 1.165) is 19.0 Å². The van der Waals surface area contributed by atoms with Gasteiger partial charge < -0.3 is 14.5 Å². The van der Waals surface area contributed by atoms with Crippen molar-refractivity contribution < 1.29 is 4.74 Å². The number of nitrogens with zero attached hydrogens (tertiary/aromatic N) is 5. The molecule has 0 spiro atoms. The minimum atomic E-state index is 0.428. The number of piperazine rings is 1. The monoisotopic (exact) mass is 541 g/mol. The fourth-order valence-corrected chi connectivity index (χ4v) is 6.95. The number of ether oxygens (including phenoxy) is 1. The second kappa shape index (κ2) is 16.3. The molecule has 0 N–H and O–H groups in total. The Labute approximate surface area is 240 Å². The summed E-state index contributed by atoms with van der Waals surface area (Å²) in [6, 6.07) is 1.86. The molecule has 1 aromatic heterocycles. The number of aromatic nitrogens is 2. The van der Waals surface area contributed by atoms with Gasteiger partial charge in [-0.15, -0.1) is 0 Å². The van der Waals surface area contributed by atoms with Gasteiger partial charge in [-0.05, 0) is 96.3 Å². The van der Waals surface area contributed by atoms with Gasteiger partial charge in [-0.2, -0.15) is 0 Å². The van der Waals surface area contributed by atoms with Crippen LogP contribution < -0.4 is 4.90 Å². The number of unbranched alkanes of at least 4 members (excludes halogenated alkanes) is 7. The number of hydrogen-bond donors (Lipinski definition) is 0. The minimum Gasteiger partial charge on any atom is -0.379 e. The molecule has 0 aliphatic carbocycles. The first-order chi connectivity index (χ1) is 19.1. The second-order valence-corrected chi connectivity index (χ2v) is 12.9. The van der Waals surface area contributed by atoms with Crippen LogP contribution in [0, 0.1) is 0 Å². The molecule has 0 saturated carbocycles. The van der Waals surface area contributed by atoms with E-state index in [9.17, 15) is 0 Å². The van der Waals surface area contributed by atoms with Gasteiger partial charge in [0.1, 0.15) is 0 Å². The molecule has 1 aromatic rings. The Morgan fingerprint density at radius 1 is 0.795 bits per heavy atom. The Morgan fingerprint density at radius 3 is 1.97 bits per heavy atom. The average Bonchev–Trinajstić information content (AvgIpc) is 3.24. The number of anilines is 1. The lowest BCUT2D eigenvalue weighted by Gasteiger charge is -2.43. The summed E-state index contributed by atoms with van der Waals surface area (Å²) in [5.74, 6) is 1.60. The van der Waals surface area contributed by atoms with E-state index in [0.29, 0.717) is 30.1 Å². The molecule has 222 valence electrons. The van der Waals surface area contributed by atoms with Gasteiger partial charge in [0.2, 0.25) is 5.95 Å². The molecule has 4 rings (SSSR count). The predicted molar refractivity (Wildman–Crippen MR) is 164 cm³/mol. The Bertz CT molecular complexity index is 782. The van der Waals surface area contributed by atoms with Gasteiger partial charge in [0.25, 0.3) is 0 Å². The average molecular weight is 542 g/mol. The molecule has 39 heavy (non-hydrogen) atoms. The van der Waals surface area contributed by atoms with E-state index in [1.54, 1.807) is 0 Å². The van der Waals surface area contributed by atoms with Crippen LogP contribution in [0.5, 0.6) is 0 Å². The van der Waals surface area contributed by atoms with Crippen molar-refractivity contribution in [2.24, 2.45) is 0 Å². The number of likely N-dealkylation sites (tertiary alicyclic amines) is 2. The van der Waals surface area contributed by atoms with Crippen LogP contribution >= 0.6 is 0 Å². The van der Waals surface area contributed by atoms with Gasteiger partial charge in [0.15, 0.2) is 0 Å². The molecule has 6 heteroatoms. The third-order valence-electron chi connectivity index (χ3n) is 10.0. The largest absolute Gasteiger partial charge is 0.379 e. The van der Waals surface area contributed by atoms with Crippen molar-refractivity contribution in [3.8, 4) is 0 Å². The van der Waals surface area contributed by atoms with Crippen LogP contribution in [0.4, 0.5) is 5.95 Å². The summed E-state index contributed by atoms with van der Waals surface area (Å²) >= 11 is 0. The van der Waals surface area contributed by atoms with Crippen LogP contribution in [0.25, 0.3) is 0 Å². The fraction of sp³-hybridized carbons (Fsp3) is 0.879. The predicted octanol–water partition coefficient (Wildman–Crippen LogP) is 7.04. The summed E-state index contributed by atoms with van der Waals surface area (Å²) in [5, 5.41) is 0. The summed E-state index contributed by atoms with van der Waals surface area (Å²) in [7, 11) is 0. The highest BCUT2D eigenvalue weighted by atomic mass is 16.5. The third kappa shape index (κ3) is 9.13. The van der Waals surface area contributed by atoms with E-state index in [2.05, 4.69) is 54.8 Å². The first-order valence-corrected chi connectivity index (χ1v) is 16.8. The number of rotatable bonds is 17. The van der Waals surface area contributed by atoms with Crippen molar-refractivity contribution in [1.82, 2.24) is 19.8 Å². The highest BCUT2D eigenvalue weighted by Gasteiger charge is 2.42. The first-order valence-electron chi connectivity index (χ1n) is 16.8. The molecule has 4 heterocycles. The maximum atomic E-state index is 5.77. The Morgan fingerprint density at radius 2 is 1.38 bits per heavy atom. The van der Waals surface area contributed by atoms with Crippen molar-refractivity contribution >= 4 is 5.95 Å². The lowest BCUT2D eigenvalue weighted by molar-refractivity contribution is 0.0608. The van der Waals surface area contributed by atoms with Crippen molar-refractivity contribution in [3.63, 3.8) is 0 Å². The zero-order valence-electron chi connectivity index (χ0n) is 25.8. The van der Waals surface area contributed by atoms with Crippen molar-refractivity contribution in [2.45, 2.75) is 148 Å². The maximum Gasteiger partial charge on any atom is 0.225 e. The highest BCUT2D eigenvalue weighted by molar-refractivity contribution is 5.38. The molecular formula is C33H59N5O. The topological polar surface area (TPSA) is 44.7 Å². The van der Waals surface area contributed by atoms with Crippen LogP contribution in [-0.4, -0.2) is 83.3 Å². The molecular weight excluding hydrogens is 482 g/mol. The summed E-state index contributed by atoms with van der Waals surface area (Å²) in [4.78, 5) is 17.8. The molecule has 0 radical (unpaired) electrons. The minimum absolute atomic E-state index is 0.428. The van der Waals surface area contributed by atoms with E-state index in [-0.39, 0.29) is 0 Å².